The molecule has 4 N–H and O–H groups in total. The summed E-state index contributed by atoms with van der Waals surface area (Å²) in [4.78, 5) is 24.3. The molecule has 0 spiro atoms. The fourth-order valence-electron chi connectivity index (χ4n) is 2.43. The molecule has 0 aromatic heterocycles. The number of nitrogens with one attached hydrogen (secondary N) is 4. The maximum absolute atomic E-state index is 12.3. The predicted octanol–water partition coefficient (Wildman–Crippen LogP) is 3.42. The zero-order valence-corrected chi connectivity index (χ0v) is 15.9. The molecule has 0 saturated heterocycles. The van der Waals surface area contributed by atoms with Gasteiger partial charge in [-0.2, -0.15) is 8.42 Å². The van der Waals surface area contributed by atoms with Gasteiger partial charge in [0, 0.05) is 11.3 Å². The Hall–Kier alpha value is -3.85. The highest BCUT2D eigenvalue weighted by molar-refractivity contribution is 7.91. The lowest BCUT2D eigenvalue weighted by Gasteiger charge is -2.14. The van der Waals surface area contributed by atoms with Gasteiger partial charge in [-0.3, -0.25) is 9.52 Å². The van der Waals surface area contributed by atoms with Crippen molar-refractivity contribution in [2.24, 2.45) is 0 Å². The zero-order chi connectivity index (χ0) is 20.7. The summed E-state index contributed by atoms with van der Waals surface area (Å²) in [7, 11) is -4.22. The van der Waals surface area contributed by atoms with Crippen LogP contribution in [0.15, 0.2) is 84.9 Å². The average molecular weight is 410 g/mol. The smallest absolute Gasteiger partial charge is 0.308 e. The first kappa shape index (κ1) is 19.9. The molecule has 0 atom stereocenters. The van der Waals surface area contributed by atoms with Crippen molar-refractivity contribution in [1.82, 2.24) is 4.72 Å². The van der Waals surface area contributed by atoms with E-state index in [9.17, 15) is 18.0 Å². The number of hydrogen-bond acceptors (Lipinski definition) is 4. The molecule has 3 amide bonds. The first-order valence-corrected chi connectivity index (χ1v) is 10.0. The van der Waals surface area contributed by atoms with Gasteiger partial charge in [0.05, 0.1) is 11.4 Å². The molecular formula is C20H18N4O4S. The number of urea groups is 1. The van der Waals surface area contributed by atoms with Crippen LogP contribution in [0.25, 0.3) is 0 Å². The quantitative estimate of drug-likeness (QED) is 0.498. The second-order valence-corrected chi connectivity index (χ2v) is 7.31. The molecule has 3 aromatic carbocycles. The number of carbonyl (C=O) groups is 2. The van der Waals surface area contributed by atoms with Crippen LogP contribution in [0.4, 0.5) is 21.9 Å². The molecule has 9 heteroatoms. The Morgan fingerprint density at radius 2 is 1.21 bits per heavy atom. The Kier molecular flexibility index (Phi) is 6.10. The van der Waals surface area contributed by atoms with E-state index in [-0.39, 0.29) is 16.9 Å². The number of hydrogen-bond donors (Lipinski definition) is 4. The number of carbonyl (C=O) groups excluding carboxylic acids is 2. The summed E-state index contributed by atoms with van der Waals surface area (Å²) in [5, 5.41) is 5.21. The van der Waals surface area contributed by atoms with Gasteiger partial charge in [0.25, 0.3) is 5.91 Å². The van der Waals surface area contributed by atoms with Crippen LogP contribution in [-0.2, 0) is 10.2 Å². The predicted molar refractivity (Wildman–Crippen MR) is 112 cm³/mol. The molecule has 0 radical (unpaired) electrons. The first-order valence-electron chi connectivity index (χ1n) is 8.55. The third-order valence-corrected chi connectivity index (χ3v) is 4.66. The lowest BCUT2D eigenvalue weighted by Crippen LogP contribution is -2.35. The van der Waals surface area contributed by atoms with Crippen LogP contribution >= 0.6 is 0 Å². The summed E-state index contributed by atoms with van der Waals surface area (Å²) in [6.07, 6.45) is 0. The van der Waals surface area contributed by atoms with Crippen LogP contribution in [0.5, 0.6) is 0 Å². The van der Waals surface area contributed by atoms with Crippen LogP contribution in [0.1, 0.15) is 10.4 Å². The Morgan fingerprint density at radius 1 is 0.655 bits per heavy atom. The van der Waals surface area contributed by atoms with Crippen LogP contribution < -0.4 is 20.1 Å². The molecular weight excluding hydrogens is 392 g/mol. The van der Waals surface area contributed by atoms with Crippen molar-refractivity contribution in [3.05, 3.63) is 90.5 Å². The Bertz CT molecular complexity index is 1100. The van der Waals surface area contributed by atoms with Crippen LogP contribution in [0.3, 0.4) is 0 Å². The molecule has 0 aliphatic rings. The number of rotatable bonds is 6. The molecule has 3 aromatic rings. The number of benzene rings is 3. The third-order valence-electron chi connectivity index (χ3n) is 3.71. The topological polar surface area (TPSA) is 116 Å². The molecule has 0 heterocycles. The van der Waals surface area contributed by atoms with E-state index in [1.165, 1.54) is 24.3 Å². The van der Waals surface area contributed by atoms with Gasteiger partial charge in [-0.05, 0) is 36.4 Å². The van der Waals surface area contributed by atoms with Gasteiger partial charge in [-0.15, -0.1) is 0 Å². The second kappa shape index (κ2) is 8.89. The highest BCUT2D eigenvalue weighted by Crippen LogP contribution is 2.22. The van der Waals surface area contributed by atoms with Crippen LogP contribution in [-0.4, -0.2) is 20.4 Å². The standard InChI is InChI=1S/C20H18N4O4S/c25-19(15-9-3-1-4-10-15)24-29(27,28)23-18-14-8-7-13-17(18)22-20(26)21-16-11-5-2-6-12-16/h1-14,23H,(H,24,25)(H2,21,22,26). The Morgan fingerprint density at radius 3 is 1.86 bits per heavy atom. The summed E-state index contributed by atoms with van der Waals surface area (Å²) in [5.41, 5.74) is 1.10. The third kappa shape index (κ3) is 5.81. The molecule has 0 fully saturated rings. The largest absolute Gasteiger partial charge is 0.324 e. The molecule has 29 heavy (non-hydrogen) atoms. The van der Waals surface area contributed by atoms with Gasteiger partial charge < -0.3 is 10.6 Å². The number of anilines is 3. The molecule has 0 aliphatic carbocycles. The van der Waals surface area contributed by atoms with Crippen molar-refractivity contribution >= 4 is 39.2 Å². The monoisotopic (exact) mass is 410 g/mol. The van der Waals surface area contributed by atoms with Crippen molar-refractivity contribution in [3.63, 3.8) is 0 Å². The number of amides is 3. The highest BCUT2D eigenvalue weighted by atomic mass is 32.2. The van der Waals surface area contributed by atoms with Crippen LogP contribution in [0.2, 0.25) is 0 Å². The molecule has 8 nitrogen and oxygen atoms in total. The SMILES string of the molecule is O=C(Nc1ccccc1)Nc1ccccc1NS(=O)(=O)NC(=O)c1ccccc1. The minimum Gasteiger partial charge on any atom is -0.308 e. The van der Waals surface area contributed by atoms with Crippen molar-refractivity contribution in [1.29, 1.82) is 0 Å². The van der Waals surface area contributed by atoms with Gasteiger partial charge in [0.1, 0.15) is 0 Å². The first-order chi connectivity index (χ1) is 13.9. The molecule has 0 aliphatic heterocycles. The van der Waals surface area contributed by atoms with E-state index in [0.717, 1.165) is 0 Å². The lowest BCUT2D eigenvalue weighted by molar-refractivity contribution is 0.0981. The van der Waals surface area contributed by atoms with Gasteiger partial charge in [-0.1, -0.05) is 48.5 Å². The fraction of sp³-hybridized carbons (Fsp3) is 0. The number of para-hydroxylation sites is 3. The van der Waals surface area contributed by atoms with E-state index in [4.69, 9.17) is 0 Å². The molecule has 0 saturated carbocycles. The highest BCUT2D eigenvalue weighted by Gasteiger charge is 2.17. The molecule has 0 bridgehead atoms. The maximum atomic E-state index is 12.3. The zero-order valence-electron chi connectivity index (χ0n) is 15.1. The van der Waals surface area contributed by atoms with E-state index in [2.05, 4.69) is 15.4 Å². The minimum atomic E-state index is -4.22. The molecule has 0 unspecified atom stereocenters. The Labute approximate surface area is 168 Å². The maximum Gasteiger partial charge on any atom is 0.324 e. The average Bonchev–Trinajstić information content (AvgIpc) is 2.70. The normalized spacial score (nSPS) is 10.6. The van der Waals surface area contributed by atoms with Gasteiger partial charge in [-0.25, -0.2) is 9.52 Å². The fourth-order valence-corrected chi connectivity index (χ4v) is 3.31. The Balaban J connectivity index is 1.69. The minimum absolute atomic E-state index is 0.101. The molecule has 148 valence electrons. The van der Waals surface area contributed by atoms with Crippen molar-refractivity contribution in [2.75, 3.05) is 15.4 Å². The van der Waals surface area contributed by atoms with E-state index < -0.39 is 22.1 Å². The summed E-state index contributed by atoms with van der Waals surface area (Å²) < 4.78 is 28.9. The van der Waals surface area contributed by atoms with E-state index >= 15 is 0 Å². The van der Waals surface area contributed by atoms with E-state index in [1.54, 1.807) is 54.6 Å². The van der Waals surface area contributed by atoms with Crippen molar-refractivity contribution in [3.8, 4) is 0 Å². The van der Waals surface area contributed by atoms with Crippen molar-refractivity contribution < 1.29 is 18.0 Å². The summed E-state index contributed by atoms with van der Waals surface area (Å²) >= 11 is 0. The van der Waals surface area contributed by atoms with Gasteiger partial charge in [0.15, 0.2) is 0 Å². The molecule has 3 rings (SSSR count). The van der Waals surface area contributed by atoms with E-state index in [0.29, 0.717) is 5.69 Å². The summed E-state index contributed by atoms with van der Waals surface area (Å²) in [5.74, 6) is -0.773. The van der Waals surface area contributed by atoms with Gasteiger partial charge in [0.2, 0.25) is 0 Å². The van der Waals surface area contributed by atoms with Crippen LogP contribution in [0, 0.1) is 0 Å². The lowest BCUT2D eigenvalue weighted by atomic mass is 10.2. The van der Waals surface area contributed by atoms with E-state index in [1.807, 2.05) is 10.8 Å². The second-order valence-electron chi connectivity index (χ2n) is 5.89. The van der Waals surface area contributed by atoms with Gasteiger partial charge >= 0.3 is 16.2 Å². The van der Waals surface area contributed by atoms with Crippen molar-refractivity contribution in [2.45, 2.75) is 0 Å². The summed E-state index contributed by atoms with van der Waals surface area (Å²) in [6, 6.07) is 22.4. The summed E-state index contributed by atoms with van der Waals surface area (Å²) in [6.45, 7) is 0.